The molecule has 1 amide bonds. The highest BCUT2D eigenvalue weighted by molar-refractivity contribution is 5.79. The van der Waals surface area contributed by atoms with Crippen LogP contribution in [0.15, 0.2) is 22.1 Å². The summed E-state index contributed by atoms with van der Waals surface area (Å²) in [4.78, 5) is 55.0. The van der Waals surface area contributed by atoms with Crippen LogP contribution in [0.5, 0.6) is 0 Å². The van der Waals surface area contributed by atoms with Crippen LogP contribution in [-0.4, -0.2) is 72.3 Å². The maximum Gasteiger partial charge on any atom is 0.332 e. The van der Waals surface area contributed by atoms with Crippen molar-refractivity contribution < 1.29 is 9.53 Å². The molecule has 168 valence electrons. The Morgan fingerprint density at radius 3 is 2.66 bits per heavy atom. The van der Waals surface area contributed by atoms with E-state index in [1.54, 1.807) is 11.9 Å². The average molecular weight is 440 g/mol. The number of carbonyl (C=O) groups excluding carboxylic acids is 1. The van der Waals surface area contributed by atoms with Crippen LogP contribution in [0.3, 0.4) is 0 Å². The molecule has 5 heterocycles. The Kier molecular flexibility index (Phi) is 5.00. The molecule has 0 atom stereocenters. The number of rotatable bonds is 3. The molecule has 2 aliphatic rings. The van der Waals surface area contributed by atoms with Gasteiger partial charge in [-0.1, -0.05) is 0 Å². The summed E-state index contributed by atoms with van der Waals surface area (Å²) >= 11 is 0. The van der Waals surface area contributed by atoms with Gasteiger partial charge >= 0.3 is 5.69 Å². The minimum Gasteiger partial charge on any atom is -0.378 e. The lowest BCUT2D eigenvalue weighted by Gasteiger charge is -2.30. The van der Waals surface area contributed by atoms with E-state index >= 15 is 0 Å². The van der Waals surface area contributed by atoms with Crippen molar-refractivity contribution in [1.82, 2.24) is 33.6 Å². The maximum absolute atomic E-state index is 13.1. The van der Waals surface area contributed by atoms with Crippen molar-refractivity contribution in [3.05, 3.63) is 44.6 Å². The number of carbonyl (C=O) groups is 1. The topological polar surface area (TPSA) is 120 Å². The van der Waals surface area contributed by atoms with E-state index in [0.29, 0.717) is 38.7 Å². The number of aromatic nitrogens is 6. The van der Waals surface area contributed by atoms with Gasteiger partial charge in [-0.3, -0.25) is 18.7 Å². The highest BCUT2D eigenvalue weighted by Gasteiger charge is 2.25. The SMILES string of the molecule is Cn1c(=O)c2c(ncn2CC(=O)N2CCc3cnc(N4CCOCC4)nc3C2)n(C)c1=O. The predicted molar refractivity (Wildman–Crippen MR) is 114 cm³/mol. The number of nitrogens with zero attached hydrogens (tertiary/aromatic N) is 8. The van der Waals surface area contributed by atoms with Crippen LogP contribution in [0.1, 0.15) is 11.3 Å². The van der Waals surface area contributed by atoms with Crippen molar-refractivity contribution in [2.45, 2.75) is 19.5 Å². The van der Waals surface area contributed by atoms with Crippen molar-refractivity contribution in [3.8, 4) is 0 Å². The molecule has 0 bridgehead atoms. The van der Waals surface area contributed by atoms with Crippen LogP contribution < -0.4 is 16.1 Å². The quantitative estimate of drug-likeness (QED) is 0.490. The minimum atomic E-state index is -0.472. The van der Waals surface area contributed by atoms with Gasteiger partial charge in [0.05, 0.1) is 31.8 Å². The fourth-order valence-corrected chi connectivity index (χ4v) is 4.18. The average Bonchev–Trinajstić information content (AvgIpc) is 3.24. The molecular weight excluding hydrogens is 416 g/mol. The fourth-order valence-electron chi connectivity index (χ4n) is 4.18. The molecule has 0 N–H and O–H groups in total. The number of amides is 1. The van der Waals surface area contributed by atoms with Gasteiger partial charge in [-0.25, -0.2) is 19.7 Å². The van der Waals surface area contributed by atoms with Crippen molar-refractivity contribution in [3.63, 3.8) is 0 Å². The van der Waals surface area contributed by atoms with Gasteiger partial charge in [-0.15, -0.1) is 0 Å². The molecule has 32 heavy (non-hydrogen) atoms. The zero-order valence-electron chi connectivity index (χ0n) is 18.0. The molecule has 0 radical (unpaired) electrons. The summed E-state index contributed by atoms with van der Waals surface area (Å²) in [7, 11) is 2.97. The van der Waals surface area contributed by atoms with E-state index in [1.165, 1.54) is 22.5 Å². The number of imidazole rings is 1. The van der Waals surface area contributed by atoms with E-state index in [2.05, 4.69) is 14.9 Å². The Morgan fingerprint density at radius 1 is 1.09 bits per heavy atom. The third kappa shape index (κ3) is 3.36. The highest BCUT2D eigenvalue weighted by atomic mass is 16.5. The van der Waals surface area contributed by atoms with Gasteiger partial charge in [0, 0.05) is 39.9 Å². The first-order chi connectivity index (χ1) is 15.4. The smallest absolute Gasteiger partial charge is 0.332 e. The van der Waals surface area contributed by atoms with E-state index < -0.39 is 11.2 Å². The van der Waals surface area contributed by atoms with Crippen LogP contribution in [0.2, 0.25) is 0 Å². The maximum atomic E-state index is 13.1. The van der Waals surface area contributed by atoms with E-state index in [1.807, 2.05) is 6.20 Å². The summed E-state index contributed by atoms with van der Waals surface area (Å²) in [6, 6.07) is 0. The second-order valence-corrected chi connectivity index (χ2v) is 8.06. The Labute approximate surface area is 182 Å². The Bertz CT molecular complexity index is 1320. The van der Waals surface area contributed by atoms with Crippen molar-refractivity contribution in [2.24, 2.45) is 14.1 Å². The van der Waals surface area contributed by atoms with Crippen LogP contribution in [-0.2, 0) is 43.1 Å². The Morgan fingerprint density at radius 2 is 1.88 bits per heavy atom. The van der Waals surface area contributed by atoms with E-state index in [-0.39, 0.29) is 23.6 Å². The van der Waals surface area contributed by atoms with E-state index in [0.717, 1.165) is 28.9 Å². The lowest BCUT2D eigenvalue weighted by Crippen LogP contribution is -2.41. The van der Waals surface area contributed by atoms with Crippen LogP contribution in [0.4, 0.5) is 5.95 Å². The zero-order chi connectivity index (χ0) is 22.4. The van der Waals surface area contributed by atoms with Gasteiger partial charge in [0.15, 0.2) is 11.2 Å². The number of morpholine rings is 1. The minimum absolute atomic E-state index is 0.0410. The summed E-state index contributed by atoms with van der Waals surface area (Å²) in [5, 5.41) is 0. The summed E-state index contributed by atoms with van der Waals surface area (Å²) in [5.41, 5.74) is 1.45. The van der Waals surface area contributed by atoms with Crippen molar-refractivity contribution >= 4 is 23.0 Å². The van der Waals surface area contributed by atoms with E-state index in [4.69, 9.17) is 9.72 Å². The molecule has 0 aromatic carbocycles. The molecule has 0 aliphatic carbocycles. The van der Waals surface area contributed by atoms with Gasteiger partial charge in [-0.2, -0.15) is 0 Å². The third-order valence-corrected chi connectivity index (χ3v) is 6.10. The van der Waals surface area contributed by atoms with Crippen LogP contribution in [0.25, 0.3) is 11.2 Å². The van der Waals surface area contributed by atoms with Gasteiger partial charge in [0.1, 0.15) is 6.54 Å². The number of anilines is 1. The van der Waals surface area contributed by atoms with Crippen LogP contribution in [0, 0.1) is 0 Å². The normalized spacial score (nSPS) is 16.4. The number of fused-ring (bicyclic) bond motifs is 2. The van der Waals surface area contributed by atoms with Gasteiger partial charge in [0.25, 0.3) is 5.56 Å². The summed E-state index contributed by atoms with van der Waals surface area (Å²) < 4.78 is 9.22. The molecular formula is C20H24N8O4. The van der Waals surface area contributed by atoms with Gasteiger partial charge in [-0.05, 0) is 12.0 Å². The second-order valence-electron chi connectivity index (χ2n) is 8.06. The molecule has 2 aliphatic heterocycles. The first kappa shape index (κ1) is 20.4. The third-order valence-electron chi connectivity index (χ3n) is 6.10. The fraction of sp³-hybridized carbons (Fsp3) is 0.500. The standard InChI is InChI=1S/C20H24N8O4/c1-24-17-16(18(30)25(2)20(24)31)28(12-22-17)11-15(29)27-4-3-13-9-21-19(23-14(13)10-27)26-5-7-32-8-6-26/h9,12H,3-8,10-11H2,1-2H3. The monoisotopic (exact) mass is 440 g/mol. The Hall–Kier alpha value is -3.54. The van der Waals surface area contributed by atoms with E-state index in [9.17, 15) is 14.4 Å². The largest absolute Gasteiger partial charge is 0.378 e. The Balaban J connectivity index is 1.38. The number of ether oxygens (including phenoxy) is 1. The predicted octanol–water partition coefficient (Wildman–Crippen LogP) is -1.35. The summed E-state index contributed by atoms with van der Waals surface area (Å²) in [6.45, 7) is 3.68. The molecule has 12 heteroatoms. The number of hydrogen-bond donors (Lipinski definition) is 0. The zero-order valence-corrected chi connectivity index (χ0v) is 18.0. The molecule has 1 fully saturated rings. The van der Waals surface area contributed by atoms with Gasteiger partial charge < -0.3 is 19.1 Å². The van der Waals surface area contributed by atoms with Crippen LogP contribution >= 0.6 is 0 Å². The first-order valence-electron chi connectivity index (χ1n) is 10.5. The lowest BCUT2D eigenvalue weighted by atomic mass is 10.1. The molecule has 12 nitrogen and oxygen atoms in total. The lowest BCUT2D eigenvalue weighted by molar-refractivity contribution is -0.132. The number of aryl methyl sites for hydroxylation is 1. The molecule has 0 spiro atoms. The summed E-state index contributed by atoms with van der Waals surface area (Å²) in [6.07, 6.45) is 3.95. The second kappa shape index (κ2) is 7.86. The molecule has 0 saturated carbocycles. The van der Waals surface area contributed by atoms with Crippen molar-refractivity contribution in [1.29, 1.82) is 0 Å². The van der Waals surface area contributed by atoms with Crippen molar-refractivity contribution in [2.75, 3.05) is 37.7 Å². The summed E-state index contributed by atoms with van der Waals surface area (Å²) in [5.74, 6) is 0.517. The molecule has 5 rings (SSSR count). The molecule has 1 saturated heterocycles. The molecule has 0 unspecified atom stereocenters. The number of hydrogen-bond acceptors (Lipinski definition) is 8. The highest BCUT2D eigenvalue weighted by Crippen LogP contribution is 2.20. The first-order valence-corrected chi connectivity index (χ1v) is 10.5. The molecule has 3 aromatic rings. The van der Waals surface area contributed by atoms with Gasteiger partial charge in [0.2, 0.25) is 11.9 Å². The molecule has 3 aromatic heterocycles.